The number of carboxylic acids is 1. The SMILES string of the molecule is CN(Cc1ccc2ccccc2n1)C(=O)c1n[nH]c2ccccc12.O=C(O)C(F)(F)F. The first-order chi connectivity index (χ1) is 14.7. The van der Waals surface area contributed by atoms with Crippen molar-refractivity contribution in [3.8, 4) is 0 Å². The van der Waals surface area contributed by atoms with E-state index >= 15 is 0 Å². The average Bonchev–Trinajstić information content (AvgIpc) is 3.17. The lowest BCUT2D eigenvalue weighted by molar-refractivity contribution is -0.192. The van der Waals surface area contributed by atoms with Gasteiger partial charge in [-0.2, -0.15) is 18.3 Å². The van der Waals surface area contributed by atoms with E-state index in [1.807, 2.05) is 60.7 Å². The highest BCUT2D eigenvalue weighted by Crippen LogP contribution is 2.18. The molecule has 31 heavy (non-hydrogen) atoms. The first-order valence-corrected chi connectivity index (χ1v) is 9.00. The van der Waals surface area contributed by atoms with Crippen molar-refractivity contribution in [1.82, 2.24) is 20.1 Å². The van der Waals surface area contributed by atoms with Crippen molar-refractivity contribution in [2.45, 2.75) is 12.7 Å². The molecule has 0 atom stereocenters. The standard InChI is InChI=1S/C19H16N4O.C2HF3O2/c1-23(12-14-11-10-13-6-2-4-8-16(13)20-14)19(24)18-15-7-3-5-9-17(15)21-22-18;3-2(4,5)1(6)7/h2-11H,12H2,1H3,(H,21,22);(H,6,7). The maximum Gasteiger partial charge on any atom is 0.490 e. The molecule has 1 amide bonds. The normalized spacial score (nSPS) is 11.1. The molecule has 0 unspecified atom stereocenters. The van der Waals surface area contributed by atoms with E-state index in [9.17, 15) is 18.0 Å². The molecule has 0 aliphatic rings. The highest BCUT2D eigenvalue weighted by molar-refractivity contribution is 6.04. The summed E-state index contributed by atoms with van der Waals surface area (Å²) in [5.41, 5.74) is 3.08. The van der Waals surface area contributed by atoms with Gasteiger partial charge in [0.1, 0.15) is 0 Å². The summed E-state index contributed by atoms with van der Waals surface area (Å²) in [5, 5.41) is 16.1. The number of hydrogen-bond donors (Lipinski definition) is 2. The Hall–Kier alpha value is -3.95. The molecule has 0 fully saturated rings. The van der Waals surface area contributed by atoms with Gasteiger partial charge in [0.25, 0.3) is 5.91 Å². The predicted octanol–water partition coefficient (Wildman–Crippen LogP) is 4.02. The summed E-state index contributed by atoms with van der Waals surface area (Å²) in [7, 11) is 1.77. The summed E-state index contributed by atoms with van der Waals surface area (Å²) in [4.78, 5) is 27.9. The van der Waals surface area contributed by atoms with Crippen LogP contribution in [0, 0.1) is 0 Å². The lowest BCUT2D eigenvalue weighted by Gasteiger charge is -2.16. The number of aliphatic carboxylic acids is 1. The number of amides is 1. The van der Waals surface area contributed by atoms with E-state index in [4.69, 9.17) is 9.90 Å². The van der Waals surface area contributed by atoms with Crippen molar-refractivity contribution in [3.63, 3.8) is 0 Å². The molecular formula is C21H17F3N4O3. The zero-order valence-corrected chi connectivity index (χ0v) is 16.2. The minimum atomic E-state index is -5.08. The number of alkyl halides is 3. The first-order valence-electron chi connectivity index (χ1n) is 9.00. The second-order valence-electron chi connectivity index (χ2n) is 6.58. The van der Waals surface area contributed by atoms with Crippen LogP contribution in [-0.4, -0.2) is 50.3 Å². The summed E-state index contributed by atoms with van der Waals surface area (Å²) in [5.74, 6) is -2.88. The Balaban J connectivity index is 0.000000339. The minimum Gasteiger partial charge on any atom is -0.475 e. The number of nitrogens with zero attached hydrogens (tertiary/aromatic N) is 3. The number of halogens is 3. The van der Waals surface area contributed by atoms with Crippen LogP contribution < -0.4 is 0 Å². The lowest BCUT2D eigenvalue weighted by Crippen LogP contribution is -2.27. The number of aromatic amines is 1. The fourth-order valence-electron chi connectivity index (χ4n) is 2.82. The molecule has 2 aromatic carbocycles. The van der Waals surface area contributed by atoms with Gasteiger partial charge in [0.05, 0.1) is 23.3 Å². The summed E-state index contributed by atoms with van der Waals surface area (Å²) in [6.07, 6.45) is -5.08. The molecule has 0 saturated carbocycles. The van der Waals surface area contributed by atoms with Crippen LogP contribution >= 0.6 is 0 Å². The van der Waals surface area contributed by atoms with E-state index in [0.717, 1.165) is 27.5 Å². The molecule has 2 heterocycles. The van der Waals surface area contributed by atoms with Crippen LogP contribution in [0.3, 0.4) is 0 Å². The van der Waals surface area contributed by atoms with Crippen molar-refractivity contribution in [3.05, 3.63) is 72.1 Å². The van der Waals surface area contributed by atoms with Crippen LogP contribution in [0.15, 0.2) is 60.7 Å². The predicted molar refractivity (Wildman–Crippen MR) is 107 cm³/mol. The third kappa shape index (κ3) is 5.16. The third-order valence-corrected chi connectivity index (χ3v) is 4.32. The second kappa shape index (κ2) is 8.82. The third-order valence-electron chi connectivity index (χ3n) is 4.32. The monoisotopic (exact) mass is 430 g/mol. The Labute approximate surface area is 174 Å². The molecular weight excluding hydrogens is 413 g/mol. The van der Waals surface area contributed by atoms with Crippen molar-refractivity contribution < 1.29 is 27.9 Å². The number of carbonyl (C=O) groups excluding carboxylic acids is 1. The number of pyridine rings is 1. The van der Waals surface area contributed by atoms with E-state index in [1.54, 1.807) is 11.9 Å². The molecule has 0 spiro atoms. The number of benzene rings is 2. The van der Waals surface area contributed by atoms with Gasteiger partial charge in [-0.3, -0.25) is 14.9 Å². The number of aromatic nitrogens is 3. The number of fused-ring (bicyclic) bond motifs is 2. The maximum atomic E-state index is 12.7. The van der Waals surface area contributed by atoms with Gasteiger partial charge in [0, 0.05) is 17.8 Å². The van der Waals surface area contributed by atoms with Crippen LogP contribution in [0.25, 0.3) is 21.8 Å². The van der Waals surface area contributed by atoms with Crippen LogP contribution in [0.2, 0.25) is 0 Å². The van der Waals surface area contributed by atoms with Crippen LogP contribution in [0.5, 0.6) is 0 Å². The van der Waals surface area contributed by atoms with Gasteiger partial charge >= 0.3 is 12.1 Å². The number of carbonyl (C=O) groups is 2. The van der Waals surface area contributed by atoms with E-state index in [0.29, 0.717) is 12.2 Å². The van der Waals surface area contributed by atoms with E-state index < -0.39 is 12.1 Å². The van der Waals surface area contributed by atoms with E-state index in [1.165, 1.54) is 0 Å². The van der Waals surface area contributed by atoms with Crippen molar-refractivity contribution in [2.24, 2.45) is 0 Å². The first kappa shape index (κ1) is 21.8. The Morgan fingerprint density at radius 3 is 2.39 bits per heavy atom. The summed E-state index contributed by atoms with van der Waals surface area (Å²) >= 11 is 0. The summed E-state index contributed by atoms with van der Waals surface area (Å²) in [6.45, 7) is 0.435. The fraction of sp³-hybridized carbons (Fsp3) is 0.143. The average molecular weight is 430 g/mol. The van der Waals surface area contributed by atoms with Crippen molar-refractivity contribution in [1.29, 1.82) is 0 Å². The molecule has 0 aliphatic heterocycles. The Morgan fingerprint density at radius 1 is 1.03 bits per heavy atom. The Morgan fingerprint density at radius 2 is 1.68 bits per heavy atom. The highest BCUT2D eigenvalue weighted by atomic mass is 19.4. The summed E-state index contributed by atoms with van der Waals surface area (Å²) in [6, 6.07) is 19.6. The van der Waals surface area contributed by atoms with Crippen molar-refractivity contribution >= 4 is 33.7 Å². The zero-order valence-electron chi connectivity index (χ0n) is 16.2. The zero-order chi connectivity index (χ0) is 22.6. The van der Waals surface area contributed by atoms with E-state index in [2.05, 4.69) is 15.2 Å². The Kier molecular flexibility index (Phi) is 6.19. The molecule has 0 bridgehead atoms. The fourth-order valence-corrected chi connectivity index (χ4v) is 2.82. The lowest BCUT2D eigenvalue weighted by atomic mass is 10.2. The minimum absolute atomic E-state index is 0.123. The van der Waals surface area contributed by atoms with Gasteiger partial charge in [-0.1, -0.05) is 42.5 Å². The van der Waals surface area contributed by atoms with Gasteiger partial charge in [-0.15, -0.1) is 0 Å². The van der Waals surface area contributed by atoms with Gasteiger partial charge in [-0.25, -0.2) is 4.79 Å². The molecule has 0 radical (unpaired) electrons. The quantitative estimate of drug-likeness (QED) is 0.512. The number of H-pyrrole nitrogens is 1. The number of carboxylic acid groups (broad SMARTS) is 1. The number of hydrogen-bond acceptors (Lipinski definition) is 4. The molecule has 7 nitrogen and oxygen atoms in total. The topological polar surface area (TPSA) is 99.2 Å². The molecule has 0 saturated heterocycles. The molecule has 4 aromatic rings. The van der Waals surface area contributed by atoms with Gasteiger partial charge in [0.2, 0.25) is 0 Å². The molecule has 4 rings (SSSR count). The Bertz CT molecular complexity index is 1240. The van der Waals surface area contributed by atoms with Crippen molar-refractivity contribution in [2.75, 3.05) is 7.05 Å². The molecule has 10 heteroatoms. The van der Waals surface area contributed by atoms with Gasteiger partial charge in [-0.05, 0) is 18.2 Å². The number of para-hydroxylation sites is 2. The largest absolute Gasteiger partial charge is 0.490 e. The molecule has 2 N–H and O–H groups in total. The van der Waals surface area contributed by atoms with Crippen LogP contribution in [0.4, 0.5) is 13.2 Å². The molecule has 160 valence electrons. The van der Waals surface area contributed by atoms with Crippen LogP contribution in [-0.2, 0) is 11.3 Å². The summed E-state index contributed by atoms with van der Waals surface area (Å²) < 4.78 is 31.7. The maximum absolute atomic E-state index is 12.7. The molecule has 2 aromatic heterocycles. The molecule has 0 aliphatic carbocycles. The van der Waals surface area contributed by atoms with E-state index in [-0.39, 0.29) is 5.91 Å². The second-order valence-corrected chi connectivity index (χ2v) is 6.58. The van der Waals surface area contributed by atoms with Gasteiger partial charge < -0.3 is 10.0 Å². The highest BCUT2D eigenvalue weighted by Gasteiger charge is 2.38. The van der Waals surface area contributed by atoms with Gasteiger partial charge in [0.15, 0.2) is 5.69 Å². The number of rotatable bonds is 3. The smallest absolute Gasteiger partial charge is 0.475 e. The number of nitrogens with one attached hydrogen (secondary N) is 1. The van der Waals surface area contributed by atoms with Crippen LogP contribution in [0.1, 0.15) is 16.2 Å².